The molecule has 6 heteroatoms. The molecule has 0 fully saturated rings. The third-order valence-electron chi connectivity index (χ3n) is 4.47. The topological polar surface area (TPSA) is 73.6 Å². The van der Waals surface area contributed by atoms with E-state index in [2.05, 4.69) is 6.92 Å². The molecule has 0 saturated carbocycles. The molecule has 4 heterocycles. The number of furan rings is 1. The fourth-order valence-electron chi connectivity index (χ4n) is 2.74. The van der Waals surface area contributed by atoms with Crippen LogP contribution in [0.2, 0.25) is 0 Å². The number of thiophene rings is 1. The number of fused-ring (bicyclic) bond motifs is 2. The monoisotopic (exact) mass is 472 g/mol. The molecule has 2 aromatic carbocycles. The van der Waals surface area contributed by atoms with E-state index in [9.17, 15) is 9.59 Å². The zero-order valence-corrected chi connectivity index (χ0v) is 19.4. The molecule has 0 N–H and O–H groups in total. The van der Waals surface area contributed by atoms with Crippen LogP contribution in [0.5, 0.6) is 0 Å². The first-order valence-electron chi connectivity index (χ1n) is 10.6. The number of para-hydroxylation sites is 2. The van der Waals surface area contributed by atoms with Gasteiger partial charge < -0.3 is 13.3 Å². The van der Waals surface area contributed by atoms with Gasteiger partial charge in [-0.1, -0.05) is 55.5 Å². The molecule has 5 nitrogen and oxygen atoms in total. The van der Waals surface area contributed by atoms with Crippen LogP contribution in [0.3, 0.4) is 0 Å². The zero-order valence-electron chi connectivity index (χ0n) is 18.6. The Bertz CT molecular complexity index is 1380. The second kappa shape index (κ2) is 13.4. The van der Waals surface area contributed by atoms with Gasteiger partial charge in [-0.3, -0.25) is 0 Å². The normalized spacial score (nSPS) is 9.68. The van der Waals surface area contributed by atoms with E-state index >= 15 is 0 Å². The van der Waals surface area contributed by atoms with E-state index in [-0.39, 0.29) is 11.3 Å². The summed E-state index contributed by atoms with van der Waals surface area (Å²) in [4.78, 5) is 21.4. The second-order valence-electron chi connectivity index (χ2n) is 6.86. The van der Waals surface area contributed by atoms with Crippen molar-refractivity contribution in [3.63, 3.8) is 0 Å². The molecular weight excluding hydrogens is 448 g/mol. The largest absolute Gasteiger partial charge is 0.472 e. The maximum atomic E-state index is 10.7. The average Bonchev–Trinajstić information content (AvgIpc) is 3.62. The summed E-state index contributed by atoms with van der Waals surface area (Å²) in [5.41, 5.74) is 1.94. The Morgan fingerprint density at radius 2 is 1.18 bits per heavy atom. The van der Waals surface area contributed by atoms with E-state index in [1.54, 1.807) is 48.1 Å². The van der Waals surface area contributed by atoms with Gasteiger partial charge in [0.25, 0.3) is 0 Å². The van der Waals surface area contributed by atoms with Crippen LogP contribution in [0, 0.1) is 0 Å². The molecule has 0 saturated heterocycles. The Labute approximate surface area is 200 Å². The average molecular weight is 473 g/mol. The molecule has 0 atom stereocenters. The molecule has 0 amide bonds. The molecular formula is C28H24O5S. The Morgan fingerprint density at radius 3 is 1.56 bits per heavy atom. The summed E-state index contributed by atoms with van der Waals surface area (Å²) in [5.74, 6) is 0. The third-order valence-corrected chi connectivity index (χ3v) is 5.10. The van der Waals surface area contributed by atoms with Crippen LogP contribution in [0.1, 0.15) is 12.5 Å². The lowest BCUT2D eigenvalue weighted by atomic mass is 10.2. The first-order chi connectivity index (χ1) is 16.7. The van der Waals surface area contributed by atoms with Crippen molar-refractivity contribution >= 4 is 33.3 Å². The Hall–Kier alpha value is -4.16. The minimum absolute atomic E-state index is 0.302. The second-order valence-corrected chi connectivity index (χ2v) is 7.68. The number of rotatable bonds is 1. The maximum Gasteiger partial charge on any atom is 0.336 e. The predicted octanol–water partition coefficient (Wildman–Crippen LogP) is 7.18. The highest BCUT2D eigenvalue weighted by Crippen LogP contribution is 2.09. The number of hydrogen-bond donors (Lipinski definition) is 0. The fraction of sp³-hybridized carbons (Fsp3) is 0.0714. The van der Waals surface area contributed by atoms with Gasteiger partial charge in [0.15, 0.2) is 0 Å². The van der Waals surface area contributed by atoms with Crippen molar-refractivity contribution in [1.29, 1.82) is 0 Å². The first kappa shape index (κ1) is 24.5. The van der Waals surface area contributed by atoms with Crippen LogP contribution in [0.4, 0.5) is 0 Å². The quantitative estimate of drug-likeness (QED) is 0.237. The van der Waals surface area contributed by atoms with Gasteiger partial charge in [-0.15, -0.1) is 0 Å². The third kappa shape index (κ3) is 8.07. The van der Waals surface area contributed by atoms with Gasteiger partial charge in [0.05, 0.1) is 12.5 Å². The van der Waals surface area contributed by atoms with Gasteiger partial charge in [0, 0.05) is 22.9 Å². The number of hydrogen-bond acceptors (Lipinski definition) is 6. The van der Waals surface area contributed by atoms with Crippen LogP contribution in [0.15, 0.2) is 137 Å². The first-order valence-corrected chi connectivity index (χ1v) is 11.6. The molecule has 0 aliphatic carbocycles. The van der Waals surface area contributed by atoms with Crippen molar-refractivity contribution < 1.29 is 13.3 Å². The van der Waals surface area contributed by atoms with Gasteiger partial charge in [0.2, 0.25) is 0 Å². The van der Waals surface area contributed by atoms with E-state index in [4.69, 9.17) is 13.3 Å². The molecule has 4 aromatic heterocycles. The van der Waals surface area contributed by atoms with Crippen molar-refractivity contribution in [3.8, 4) is 0 Å². The smallest absolute Gasteiger partial charge is 0.336 e. The predicted molar refractivity (Wildman–Crippen MR) is 137 cm³/mol. The number of benzene rings is 2. The summed E-state index contributed by atoms with van der Waals surface area (Å²) in [6, 6.07) is 27.2. The van der Waals surface area contributed by atoms with Crippen molar-refractivity contribution in [2.75, 3.05) is 0 Å². The van der Waals surface area contributed by atoms with Gasteiger partial charge in [-0.2, -0.15) is 11.3 Å². The van der Waals surface area contributed by atoms with Crippen LogP contribution in [-0.2, 0) is 6.42 Å². The van der Waals surface area contributed by atoms with Crippen molar-refractivity contribution in [3.05, 3.63) is 141 Å². The lowest BCUT2D eigenvalue weighted by Gasteiger charge is -1.91. The minimum Gasteiger partial charge on any atom is -0.472 e. The molecule has 0 unspecified atom stereocenters. The standard InChI is InChI=1S/2C9H6O2.C6H8O.C4H4S/c2*10-9-6-5-7-3-1-2-4-8(7)11-9;1-2-6-3-4-7-5-6;1-2-4-5-3-1/h2*1-6H;3-5H,2H2,1H3;1-4H. The van der Waals surface area contributed by atoms with E-state index in [1.165, 1.54) is 17.7 Å². The summed E-state index contributed by atoms with van der Waals surface area (Å²) in [7, 11) is 0. The highest BCUT2D eigenvalue weighted by molar-refractivity contribution is 7.07. The summed E-state index contributed by atoms with van der Waals surface area (Å²) < 4.78 is 14.6. The molecule has 0 spiro atoms. The molecule has 0 bridgehead atoms. The lowest BCUT2D eigenvalue weighted by molar-refractivity contribution is 0.560. The molecule has 0 aliphatic heterocycles. The SMILES string of the molecule is CCc1ccoc1.O=c1ccc2ccccc2o1.O=c1ccc2ccccc2o1.c1ccsc1. The molecule has 6 aromatic rings. The van der Waals surface area contributed by atoms with E-state index in [0.29, 0.717) is 11.2 Å². The van der Waals surface area contributed by atoms with E-state index in [1.807, 2.05) is 65.4 Å². The van der Waals surface area contributed by atoms with E-state index in [0.717, 1.165) is 17.2 Å². The van der Waals surface area contributed by atoms with Crippen LogP contribution in [0.25, 0.3) is 21.9 Å². The minimum atomic E-state index is -0.302. The maximum absolute atomic E-state index is 10.7. The van der Waals surface area contributed by atoms with Crippen molar-refractivity contribution in [1.82, 2.24) is 0 Å². The lowest BCUT2D eigenvalue weighted by Crippen LogP contribution is -1.93. The molecule has 0 radical (unpaired) electrons. The summed E-state index contributed by atoms with van der Waals surface area (Å²) >= 11 is 1.71. The summed E-state index contributed by atoms with van der Waals surface area (Å²) in [6.45, 7) is 2.10. The Kier molecular flexibility index (Phi) is 9.65. The van der Waals surface area contributed by atoms with E-state index < -0.39 is 0 Å². The Balaban J connectivity index is 0.000000133. The number of aryl methyl sites for hydroxylation is 1. The van der Waals surface area contributed by atoms with Crippen LogP contribution in [-0.4, -0.2) is 0 Å². The van der Waals surface area contributed by atoms with Gasteiger partial charge in [0.1, 0.15) is 11.2 Å². The highest BCUT2D eigenvalue weighted by atomic mass is 32.1. The fourth-order valence-corrected chi connectivity index (χ4v) is 3.20. The molecule has 6 rings (SSSR count). The highest BCUT2D eigenvalue weighted by Gasteiger charge is 1.93. The zero-order chi connectivity index (χ0) is 24.0. The Morgan fingerprint density at radius 1 is 0.647 bits per heavy atom. The summed E-state index contributed by atoms with van der Waals surface area (Å²) in [5, 5.41) is 5.99. The van der Waals surface area contributed by atoms with Crippen molar-refractivity contribution in [2.45, 2.75) is 13.3 Å². The van der Waals surface area contributed by atoms with Gasteiger partial charge >= 0.3 is 11.3 Å². The summed E-state index contributed by atoms with van der Waals surface area (Å²) in [6.07, 6.45) is 4.52. The molecule has 0 aliphatic rings. The van der Waals surface area contributed by atoms with Crippen LogP contribution < -0.4 is 11.3 Å². The van der Waals surface area contributed by atoms with Gasteiger partial charge in [-0.05, 0) is 53.1 Å². The molecule has 172 valence electrons. The van der Waals surface area contributed by atoms with Crippen LogP contribution >= 0.6 is 11.3 Å². The van der Waals surface area contributed by atoms with Crippen molar-refractivity contribution in [2.24, 2.45) is 0 Å². The molecule has 34 heavy (non-hydrogen) atoms. The van der Waals surface area contributed by atoms with Gasteiger partial charge in [-0.25, -0.2) is 9.59 Å².